The lowest BCUT2D eigenvalue weighted by atomic mass is 10.0. The Morgan fingerprint density at radius 3 is 2.81 bits per heavy atom. The van der Waals surface area contributed by atoms with Crippen LogP contribution in [0.3, 0.4) is 0 Å². The molecule has 1 heterocycles. The van der Waals surface area contributed by atoms with Crippen LogP contribution in [0, 0.1) is 5.92 Å². The third kappa shape index (κ3) is 3.34. The predicted octanol–water partition coefficient (Wildman–Crippen LogP) is 0.579. The highest BCUT2D eigenvalue weighted by atomic mass is 16.1. The molecule has 0 spiro atoms. The largest absolute Gasteiger partial charge is 0.355 e. The van der Waals surface area contributed by atoms with Crippen LogP contribution in [-0.4, -0.2) is 29.6 Å². The van der Waals surface area contributed by atoms with Crippen LogP contribution in [0.1, 0.15) is 20.3 Å². The molecule has 0 aliphatic rings. The van der Waals surface area contributed by atoms with Crippen molar-refractivity contribution in [3.63, 3.8) is 0 Å². The Kier molecular flexibility index (Phi) is 4.49. The molecule has 0 aromatic carbocycles. The molecule has 3 N–H and O–H groups in total. The molecule has 1 unspecified atom stereocenters. The number of aromatic nitrogens is 2. The normalized spacial score (nSPS) is 12.8. The highest BCUT2D eigenvalue weighted by Crippen LogP contribution is 2.06. The quantitative estimate of drug-likeness (QED) is 0.767. The van der Waals surface area contributed by atoms with E-state index in [0.29, 0.717) is 11.7 Å². The lowest BCUT2D eigenvalue weighted by Crippen LogP contribution is -2.34. The zero-order valence-corrected chi connectivity index (χ0v) is 10.1. The highest BCUT2D eigenvalue weighted by Gasteiger charge is 2.11. The topological polar surface area (TPSA) is 75.0 Å². The van der Waals surface area contributed by atoms with Crippen LogP contribution in [0.15, 0.2) is 17.2 Å². The summed E-state index contributed by atoms with van der Waals surface area (Å²) in [6, 6.07) is 0.158. The van der Waals surface area contributed by atoms with E-state index in [0.717, 1.165) is 13.0 Å². The molecule has 0 fully saturated rings. The van der Waals surface area contributed by atoms with Gasteiger partial charge in [-0.25, -0.2) is 4.98 Å². The molecular weight excluding hydrogens is 204 g/mol. The predicted molar refractivity (Wildman–Crippen MR) is 65.6 cm³/mol. The summed E-state index contributed by atoms with van der Waals surface area (Å²) >= 11 is 0. The third-order valence-corrected chi connectivity index (χ3v) is 2.70. The Hall–Kier alpha value is -1.36. The summed E-state index contributed by atoms with van der Waals surface area (Å²) in [5, 5.41) is 0. The fourth-order valence-corrected chi connectivity index (χ4v) is 1.40. The van der Waals surface area contributed by atoms with Gasteiger partial charge in [0.15, 0.2) is 5.82 Å². The van der Waals surface area contributed by atoms with Gasteiger partial charge >= 0.3 is 0 Å². The molecule has 90 valence electrons. The molecule has 0 saturated carbocycles. The molecule has 1 rings (SSSR count). The zero-order chi connectivity index (χ0) is 12.1. The van der Waals surface area contributed by atoms with Gasteiger partial charge in [-0.3, -0.25) is 4.79 Å². The molecule has 1 aromatic heterocycles. The molecule has 0 saturated heterocycles. The minimum atomic E-state index is -0.164. The van der Waals surface area contributed by atoms with E-state index < -0.39 is 0 Å². The summed E-state index contributed by atoms with van der Waals surface area (Å²) < 4.78 is 0. The van der Waals surface area contributed by atoms with Crippen LogP contribution in [0.25, 0.3) is 0 Å². The van der Waals surface area contributed by atoms with Gasteiger partial charge in [0.05, 0.1) is 0 Å². The maximum absolute atomic E-state index is 11.4. The first-order valence-electron chi connectivity index (χ1n) is 5.52. The van der Waals surface area contributed by atoms with Crippen molar-refractivity contribution in [1.29, 1.82) is 0 Å². The van der Waals surface area contributed by atoms with Crippen molar-refractivity contribution in [3.8, 4) is 0 Å². The van der Waals surface area contributed by atoms with Crippen molar-refractivity contribution in [2.45, 2.75) is 26.3 Å². The smallest absolute Gasteiger partial charge is 0.290 e. The van der Waals surface area contributed by atoms with Gasteiger partial charge in [-0.05, 0) is 12.3 Å². The van der Waals surface area contributed by atoms with Crippen LogP contribution in [0.2, 0.25) is 0 Å². The average molecular weight is 224 g/mol. The average Bonchev–Trinajstić information content (AvgIpc) is 2.25. The maximum atomic E-state index is 11.4. The minimum absolute atomic E-state index is 0.158. The van der Waals surface area contributed by atoms with E-state index in [9.17, 15) is 4.79 Å². The molecule has 0 radical (unpaired) electrons. The summed E-state index contributed by atoms with van der Waals surface area (Å²) in [5.74, 6) is 0.897. The third-order valence-electron chi connectivity index (χ3n) is 2.70. The van der Waals surface area contributed by atoms with Crippen molar-refractivity contribution >= 4 is 5.82 Å². The fourth-order valence-electron chi connectivity index (χ4n) is 1.40. The number of nitrogens with two attached hydrogens (primary N) is 1. The van der Waals surface area contributed by atoms with E-state index in [-0.39, 0.29) is 11.6 Å². The number of nitrogens with zero attached hydrogens (tertiary/aromatic N) is 2. The molecule has 0 bridgehead atoms. The Morgan fingerprint density at radius 1 is 1.56 bits per heavy atom. The number of rotatable bonds is 5. The second kappa shape index (κ2) is 5.65. The molecular formula is C11H20N4O. The first-order valence-corrected chi connectivity index (χ1v) is 5.52. The van der Waals surface area contributed by atoms with Gasteiger partial charge in [0.2, 0.25) is 0 Å². The van der Waals surface area contributed by atoms with E-state index in [1.54, 1.807) is 6.20 Å². The monoisotopic (exact) mass is 224 g/mol. The molecule has 5 heteroatoms. The van der Waals surface area contributed by atoms with Crippen molar-refractivity contribution in [2.24, 2.45) is 11.7 Å². The number of anilines is 1. The molecule has 5 nitrogen and oxygen atoms in total. The number of H-pyrrole nitrogens is 1. The summed E-state index contributed by atoms with van der Waals surface area (Å²) in [7, 11) is 1.85. The van der Waals surface area contributed by atoms with E-state index in [4.69, 9.17) is 5.73 Å². The summed E-state index contributed by atoms with van der Waals surface area (Å²) in [4.78, 5) is 19.9. The fraction of sp³-hybridized carbons (Fsp3) is 0.636. The van der Waals surface area contributed by atoms with Crippen molar-refractivity contribution in [2.75, 3.05) is 18.5 Å². The Bertz CT molecular complexity index is 374. The summed E-state index contributed by atoms with van der Waals surface area (Å²) in [5.41, 5.74) is 5.78. The van der Waals surface area contributed by atoms with Gasteiger partial charge in [-0.1, -0.05) is 13.8 Å². The maximum Gasteiger partial charge on any atom is 0.290 e. The number of aromatic amines is 1. The SMILES string of the molecule is CC(C)C(N)CCN(C)c1ncc[nH]c1=O. The molecule has 0 amide bonds. The lowest BCUT2D eigenvalue weighted by molar-refractivity contribution is 0.465. The van der Waals surface area contributed by atoms with E-state index in [1.807, 2.05) is 11.9 Å². The second-order valence-electron chi connectivity index (χ2n) is 4.36. The molecule has 1 aromatic rings. The van der Waals surface area contributed by atoms with E-state index >= 15 is 0 Å². The summed E-state index contributed by atoms with van der Waals surface area (Å²) in [6.07, 6.45) is 3.96. The van der Waals surface area contributed by atoms with Gasteiger partial charge in [0, 0.05) is 32.0 Å². The van der Waals surface area contributed by atoms with Gasteiger partial charge < -0.3 is 15.6 Å². The number of nitrogens with one attached hydrogen (secondary N) is 1. The van der Waals surface area contributed by atoms with Crippen molar-refractivity contribution < 1.29 is 0 Å². The van der Waals surface area contributed by atoms with Crippen LogP contribution < -0.4 is 16.2 Å². The van der Waals surface area contributed by atoms with Crippen LogP contribution in [0.4, 0.5) is 5.82 Å². The Morgan fingerprint density at radius 2 is 2.25 bits per heavy atom. The molecule has 16 heavy (non-hydrogen) atoms. The number of hydrogen-bond acceptors (Lipinski definition) is 4. The summed E-state index contributed by atoms with van der Waals surface area (Å²) in [6.45, 7) is 4.93. The van der Waals surface area contributed by atoms with Gasteiger partial charge in [0.25, 0.3) is 5.56 Å². The highest BCUT2D eigenvalue weighted by molar-refractivity contribution is 5.33. The van der Waals surface area contributed by atoms with Crippen LogP contribution in [-0.2, 0) is 0 Å². The lowest BCUT2D eigenvalue weighted by Gasteiger charge is -2.21. The Balaban J connectivity index is 2.57. The standard InChI is InChI=1S/C11H20N4O/c1-8(2)9(12)4-7-15(3)10-11(16)14-6-5-13-10/h5-6,8-9H,4,7,12H2,1-3H3,(H,14,16). The number of hydrogen-bond donors (Lipinski definition) is 2. The van der Waals surface area contributed by atoms with Gasteiger partial charge in [-0.15, -0.1) is 0 Å². The zero-order valence-electron chi connectivity index (χ0n) is 10.1. The molecule has 1 atom stereocenters. The Labute approximate surface area is 95.7 Å². The van der Waals surface area contributed by atoms with Gasteiger partial charge in [-0.2, -0.15) is 0 Å². The molecule has 0 aliphatic heterocycles. The van der Waals surface area contributed by atoms with Gasteiger partial charge in [0.1, 0.15) is 0 Å². The van der Waals surface area contributed by atoms with Crippen LogP contribution >= 0.6 is 0 Å². The second-order valence-corrected chi connectivity index (χ2v) is 4.36. The van der Waals surface area contributed by atoms with E-state index in [2.05, 4.69) is 23.8 Å². The molecule has 0 aliphatic carbocycles. The van der Waals surface area contributed by atoms with Crippen molar-refractivity contribution in [3.05, 3.63) is 22.7 Å². The first kappa shape index (κ1) is 12.7. The first-order chi connectivity index (χ1) is 7.52. The minimum Gasteiger partial charge on any atom is -0.355 e. The van der Waals surface area contributed by atoms with Crippen LogP contribution in [0.5, 0.6) is 0 Å². The van der Waals surface area contributed by atoms with Crippen molar-refractivity contribution in [1.82, 2.24) is 9.97 Å². The van der Waals surface area contributed by atoms with E-state index in [1.165, 1.54) is 6.20 Å².